The second-order valence-corrected chi connectivity index (χ2v) is 11.5. The van der Waals surface area contributed by atoms with Crippen molar-refractivity contribution in [3.8, 4) is 0 Å². The van der Waals surface area contributed by atoms with Gasteiger partial charge in [0.05, 0.1) is 23.7 Å². The third kappa shape index (κ3) is 7.10. The number of carbonyl (C=O) groups is 1. The van der Waals surface area contributed by atoms with Gasteiger partial charge in [0.25, 0.3) is 0 Å². The SMILES string of the molecule is CCCCNS(=O)(=O)C(C(=O)O)C1(O)CCC(N2CCC(CCNc3ccnnc3)CC2)CC1. The van der Waals surface area contributed by atoms with Gasteiger partial charge in [-0.2, -0.15) is 10.2 Å². The standard InChI is InChI=1S/C23H39N5O5S/c1-2-3-12-27-34(32,33)21(22(29)30)23(31)10-4-20(5-11-23)28-15-8-18(9-16-28)6-13-24-19-7-14-25-26-17-19/h7,14,17-18,20-21,27,31H,2-6,8-13,15-16H2,1H3,(H,24,25)(H,29,30). The van der Waals surface area contributed by atoms with Crippen molar-refractivity contribution in [1.29, 1.82) is 0 Å². The van der Waals surface area contributed by atoms with Crippen LogP contribution in [0.1, 0.15) is 64.7 Å². The fourth-order valence-electron chi connectivity index (χ4n) is 5.28. The van der Waals surface area contributed by atoms with E-state index in [0.29, 0.717) is 25.2 Å². The highest BCUT2D eigenvalue weighted by atomic mass is 32.2. The highest BCUT2D eigenvalue weighted by Gasteiger charge is 2.51. The Morgan fingerprint density at radius 1 is 1.21 bits per heavy atom. The highest BCUT2D eigenvalue weighted by Crippen LogP contribution is 2.37. The quantitative estimate of drug-likeness (QED) is 0.318. The fourth-order valence-corrected chi connectivity index (χ4v) is 6.95. The molecule has 0 spiro atoms. The summed E-state index contributed by atoms with van der Waals surface area (Å²) in [5.41, 5.74) is -0.768. The Bertz CT molecular complexity index is 869. The van der Waals surface area contributed by atoms with E-state index in [0.717, 1.165) is 51.0 Å². The summed E-state index contributed by atoms with van der Waals surface area (Å²) in [7, 11) is -4.16. The lowest BCUT2D eigenvalue weighted by atomic mass is 9.78. The summed E-state index contributed by atoms with van der Waals surface area (Å²) in [6.07, 6.45) is 9.65. The molecule has 1 saturated carbocycles. The van der Waals surface area contributed by atoms with Crippen LogP contribution in [0.4, 0.5) is 5.69 Å². The Kier molecular flexibility index (Phi) is 9.64. The van der Waals surface area contributed by atoms with Gasteiger partial charge in [-0.25, -0.2) is 13.1 Å². The van der Waals surface area contributed by atoms with E-state index in [-0.39, 0.29) is 25.4 Å². The van der Waals surface area contributed by atoms with Crippen LogP contribution in [0.25, 0.3) is 0 Å². The monoisotopic (exact) mass is 497 g/mol. The number of carboxylic acid groups (broad SMARTS) is 1. The van der Waals surface area contributed by atoms with E-state index >= 15 is 0 Å². The van der Waals surface area contributed by atoms with Crippen molar-refractivity contribution >= 4 is 21.7 Å². The van der Waals surface area contributed by atoms with Crippen molar-refractivity contribution in [3.63, 3.8) is 0 Å². The van der Waals surface area contributed by atoms with E-state index in [2.05, 4.69) is 25.1 Å². The van der Waals surface area contributed by atoms with E-state index in [1.807, 2.05) is 13.0 Å². The predicted molar refractivity (Wildman–Crippen MR) is 130 cm³/mol. The van der Waals surface area contributed by atoms with Gasteiger partial charge >= 0.3 is 5.97 Å². The second kappa shape index (κ2) is 12.2. The van der Waals surface area contributed by atoms with Gasteiger partial charge in [0.2, 0.25) is 15.3 Å². The Labute approximate surface area is 202 Å². The normalized spacial score (nSPS) is 25.6. The molecule has 34 heavy (non-hydrogen) atoms. The van der Waals surface area contributed by atoms with E-state index in [1.165, 1.54) is 0 Å². The first-order valence-corrected chi connectivity index (χ1v) is 14.0. The van der Waals surface area contributed by atoms with Crippen LogP contribution >= 0.6 is 0 Å². The van der Waals surface area contributed by atoms with Crippen molar-refractivity contribution < 1.29 is 23.4 Å². The van der Waals surface area contributed by atoms with Crippen LogP contribution in [0.2, 0.25) is 0 Å². The molecular formula is C23H39N5O5S. The molecule has 3 rings (SSSR count). The van der Waals surface area contributed by atoms with Crippen molar-refractivity contribution in [2.24, 2.45) is 5.92 Å². The summed E-state index contributed by atoms with van der Waals surface area (Å²) in [4.78, 5) is 14.3. The molecule has 2 aliphatic rings. The average Bonchev–Trinajstić information content (AvgIpc) is 2.80. The first kappa shape index (κ1) is 26.8. The number of sulfonamides is 1. The maximum absolute atomic E-state index is 12.7. The maximum Gasteiger partial charge on any atom is 0.326 e. The minimum Gasteiger partial charge on any atom is -0.480 e. The van der Waals surface area contributed by atoms with Crippen molar-refractivity contribution in [2.75, 3.05) is 31.5 Å². The lowest BCUT2D eigenvalue weighted by molar-refractivity contribution is -0.143. The van der Waals surface area contributed by atoms with Gasteiger partial charge in [-0.15, -0.1) is 0 Å². The van der Waals surface area contributed by atoms with Crippen LogP contribution < -0.4 is 10.0 Å². The molecule has 1 aromatic heterocycles. The van der Waals surface area contributed by atoms with Gasteiger partial charge in [0.15, 0.2) is 0 Å². The number of aliphatic hydroxyl groups is 1. The Morgan fingerprint density at radius 3 is 2.50 bits per heavy atom. The average molecular weight is 498 g/mol. The number of rotatable bonds is 12. The molecule has 10 nitrogen and oxygen atoms in total. The molecule has 0 aromatic carbocycles. The number of unbranched alkanes of at least 4 members (excludes halogenated alkanes) is 1. The first-order valence-electron chi connectivity index (χ1n) is 12.4. The van der Waals surface area contributed by atoms with Crippen LogP contribution in [-0.4, -0.2) is 82.8 Å². The molecule has 2 heterocycles. The molecule has 0 amide bonds. The Balaban J connectivity index is 1.46. The van der Waals surface area contributed by atoms with Gasteiger partial charge in [0, 0.05) is 19.1 Å². The highest BCUT2D eigenvalue weighted by molar-refractivity contribution is 7.91. The number of hydrogen-bond acceptors (Lipinski definition) is 8. The number of likely N-dealkylation sites (tertiary alicyclic amines) is 1. The molecular weight excluding hydrogens is 458 g/mol. The van der Waals surface area contributed by atoms with E-state index in [4.69, 9.17) is 0 Å². The molecule has 11 heteroatoms. The maximum atomic E-state index is 12.7. The molecule has 1 saturated heterocycles. The van der Waals surface area contributed by atoms with Gasteiger partial charge in [-0.05, 0) is 76.4 Å². The molecule has 4 N–H and O–H groups in total. The van der Waals surface area contributed by atoms with Crippen molar-refractivity contribution in [2.45, 2.75) is 81.6 Å². The molecule has 1 atom stereocenters. The summed E-state index contributed by atoms with van der Waals surface area (Å²) < 4.78 is 27.7. The molecule has 0 bridgehead atoms. The zero-order valence-corrected chi connectivity index (χ0v) is 20.8. The summed E-state index contributed by atoms with van der Waals surface area (Å²) in [6, 6.07) is 2.16. The van der Waals surface area contributed by atoms with Crippen LogP contribution in [0, 0.1) is 5.92 Å². The number of aromatic nitrogens is 2. The summed E-state index contributed by atoms with van der Waals surface area (Å²) in [5, 5.41) is 30.0. The van der Waals surface area contributed by atoms with E-state index in [1.54, 1.807) is 12.4 Å². The zero-order chi connectivity index (χ0) is 24.6. The zero-order valence-electron chi connectivity index (χ0n) is 20.0. The Morgan fingerprint density at radius 2 is 1.91 bits per heavy atom. The lowest BCUT2D eigenvalue weighted by Gasteiger charge is -2.44. The van der Waals surface area contributed by atoms with Crippen LogP contribution in [0.15, 0.2) is 18.5 Å². The van der Waals surface area contributed by atoms with Gasteiger partial charge < -0.3 is 20.4 Å². The first-order chi connectivity index (χ1) is 16.2. The number of aliphatic carboxylic acids is 1. The third-order valence-corrected chi connectivity index (χ3v) is 9.18. The molecule has 192 valence electrons. The topological polar surface area (TPSA) is 145 Å². The summed E-state index contributed by atoms with van der Waals surface area (Å²) in [5.74, 6) is -0.836. The minimum atomic E-state index is -4.16. The van der Waals surface area contributed by atoms with Gasteiger partial charge in [-0.3, -0.25) is 4.79 Å². The number of piperidine rings is 1. The van der Waals surface area contributed by atoms with Gasteiger partial charge in [-0.1, -0.05) is 13.3 Å². The molecule has 0 radical (unpaired) electrons. The van der Waals surface area contributed by atoms with E-state index < -0.39 is 26.8 Å². The number of carboxylic acids is 1. The summed E-state index contributed by atoms with van der Waals surface area (Å²) >= 11 is 0. The van der Waals surface area contributed by atoms with Crippen LogP contribution in [0.3, 0.4) is 0 Å². The molecule has 1 aliphatic heterocycles. The molecule has 1 aliphatic carbocycles. The second-order valence-electron chi connectivity index (χ2n) is 9.67. The smallest absolute Gasteiger partial charge is 0.326 e. The third-order valence-electron chi connectivity index (χ3n) is 7.31. The summed E-state index contributed by atoms with van der Waals surface area (Å²) in [6.45, 7) is 4.96. The minimum absolute atomic E-state index is 0.174. The molecule has 2 fully saturated rings. The van der Waals surface area contributed by atoms with E-state index in [9.17, 15) is 23.4 Å². The number of nitrogens with zero attached hydrogens (tertiary/aromatic N) is 3. The predicted octanol–water partition coefficient (Wildman–Crippen LogP) is 1.84. The number of nitrogens with one attached hydrogen (secondary N) is 2. The van der Waals surface area contributed by atoms with Gasteiger partial charge in [0.1, 0.15) is 0 Å². The van der Waals surface area contributed by atoms with Crippen molar-refractivity contribution in [1.82, 2.24) is 19.8 Å². The number of anilines is 1. The lowest BCUT2D eigenvalue weighted by Crippen LogP contribution is -2.58. The van der Waals surface area contributed by atoms with Crippen LogP contribution in [0.5, 0.6) is 0 Å². The van der Waals surface area contributed by atoms with Crippen LogP contribution in [-0.2, 0) is 14.8 Å². The molecule has 1 aromatic rings. The fraction of sp³-hybridized carbons (Fsp3) is 0.783. The van der Waals surface area contributed by atoms with Crippen molar-refractivity contribution in [3.05, 3.63) is 18.5 Å². The Hall–Kier alpha value is -1.82. The largest absolute Gasteiger partial charge is 0.480 e. The molecule has 1 unspecified atom stereocenters. The number of hydrogen-bond donors (Lipinski definition) is 4.